The van der Waals surface area contributed by atoms with Gasteiger partial charge in [-0.2, -0.15) is 0 Å². The quantitative estimate of drug-likeness (QED) is 0.779. The molecule has 0 unspecified atom stereocenters. The molecule has 5 heteroatoms. The van der Waals surface area contributed by atoms with Crippen molar-refractivity contribution in [3.8, 4) is 0 Å². The minimum Gasteiger partial charge on any atom is -0.277 e. The topological polar surface area (TPSA) is 66.5 Å². The number of barbiturate groups is 1. The Hall–Kier alpha value is -1.39. The molecule has 0 atom stereocenters. The van der Waals surface area contributed by atoms with Gasteiger partial charge in [-0.15, -0.1) is 0 Å². The van der Waals surface area contributed by atoms with E-state index in [0.29, 0.717) is 12.8 Å². The van der Waals surface area contributed by atoms with Crippen molar-refractivity contribution in [2.75, 3.05) is 0 Å². The number of imide groups is 2. The van der Waals surface area contributed by atoms with Crippen molar-refractivity contribution in [3.05, 3.63) is 0 Å². The number of carbonyl (C=O) groups excluding carboxylic acids is 3. The van der Waals surface area contributed by atoms with Crippen molar-refractivity contribution in [3.63, 3.8) is 0 Å². The summed E-state index contributed by atoms with van der Waals surface area (Å²) in [6.07, 6.45) is 4.67. The summed E-state index contributed by atoms with van der Waals surface area (Å²) in [6.45, 7) is 3.65. The fourth-order valence-corrected chi connectivity index (χ4v) is 3.06. The molecule has 0 radical (unpaired) electrons. The predicted molar refractivity (Wildman–Crippen MR) is 65.7 cm³/mol. The Morgan fingerprint density at radius 1 is 1.17 bits per heavy atom. The molecule has 2 rings (SSSR count). The van der Waals surface area contributed by atoms with Crippen molar-refractivity contribution < 1.29 is 14.4 Å². The number of hydrogen-bond acceptors (Lipinski definition) is 3. The summed E-state index contributed by atoms with van der Waals surface area (Å²) in [5.41, 5.74) is -1.05. The molecule has 100 valence electrons. The number of nitrogens with zero attached hydrogens (tertiary/aromatic N) is 1. The molecule has 1 saturated heterocycles. The molecule has 2 aliphatic rings. The van der Waals surface area contributed by atoms with E-state index in [1.54, 1.807) is 0 Å². The second-order valence-electron chi connectivity index (χ2n) is 5.16. The maximum absolute atomic E-state index is 12.6. The third-order valence-corrected chi connectivity index (χ3v) is 4.40. The van der Waals surface area contributed by atoms with Crippen LogP contribution in [0.15, 0.2) is 0 Å². The molecule has 5 nitrogen and oxygen atoms in total. The van der Waals surface area contributed by atoms with E-state index in [1.807, 2.05) is 13.8 Å². The molecule has 1 aliphatic heterocycles. The van der Waals surface area contributed by atoms with E-state index in [9.17, 15) is 14.4 Å². The number of nitrogens with one attached hydrogen (secondary N) is 1. The second-order valence-corrected chi connectivity index (χ2v) is 5.16. The molecule has 1 aliphatic carbocycles. The van der Waals surface area contributed by atoms with Crippen LogP contribution in [0.1, 0.15) is 52.4 Å². The minimum absolute atomic E-state index is 0.0249. The number of urea groups is 1. The summed E-state index contributed by atoms with van der Waals surface area (Å²) in [5, 5.41) is 2.36. The van der Waals surface area contributed by atoms with Gasteiger partial charge in [0, 0.05) is 6.04 Å². The van der Waals surface area contributed by atoms with E-state index in [2.05, 4.69) is 5.32 Å². The largest absolute Gasteiger partial charge is 0.331 e. The molecule has 0 aromatic rings. The van der Waals surface area contributed by atoms with Crippen LogP contribution in [-0.2, 0) is 9.59 Å². The van der Waals surface area contributed by atoms with Crippen molar-refractivity contribution in [2.45, 2.75) is 58.4 Å². The van der Waals surface area contributed by atoms with Gasteiger partial charge >= 0.3 is 6.03 Å². The molecular weight excluding hydrogens is 232 g/mol. The maximum Gasteiger partial charge on any atom is 0.331 e. The van der Waals surface area contributed by atoms with Gasteiger partial charge in [-0.3, -0.25) is 19.8 Å². The van der Waals surface area contributed by atoms with Crippen LogP contribution in [0.4, 0.5) is 4.79 Å². The molecular formula is C13H20N2O3. The highest BCUT2D eigenvalue weighted by Gasteiger charge is 2.53. The first-order valence-corrected chi connectivity index (χ1v) is 6.76. The van der Waals surface area contributed by atoms with Crippen LogP contribution in [-0.4, -0.2) is 28.8 Å². The van der Waals surface area contributed by atoms with Crippen LogP contribution in [0.2, 0.25) is 0 Å². The number of carbonyl (C=O) groups is 3. The van der Waals surface area contributed by atoms with Crippen LogP contribution >= 0.6 is 0 Å². The highest BCUT2D eigenvalue weighted by Crippen LogP contribution is 2.35. The van der Waals surface area contributed by atoms with Gasteiger partial charge in [0.1, 0.15) is 5.41 Å². The van der Waals surface area contributed by atoms with Crippen LogP contribution in [0.5, 0.6) is 0 Å². The van der Waals surface area contributed by atoms with Crippen LogP contribution < -0.4 is 5.32 Å². The van der Waals surface area contributed by atoms with E-state index in [1.165, 1.54) is 4.90 Å². The maximum atomic E-state index is 12.6. The van der Waals surface area contributed by atoms with E-state index in [-0.39, 0.29) is 11.9 Å². The molecule has 0 bridgehead atoms. The second kappa shape index (κ2) is 4.71. The van der Waals surface area contributed by atoms with Crippen molar-refractivity contribution in [2.24, 2.45) is 5.41 Å². The van der Waals surface area contributed by atoms with E-state index < -0.39 is 17.4 Å². The fraction of sp³-hybridized carbons (Fsp3) is 0.769. The van der Waals surface area contributed by atoms with Gasteiger partial charge in [0.25, 0.3) is 0 Å². The van der Waals surface area contributed by atoms with E-state index in [4.69, 9.17) is 0 Å². The molecule has 0 aromatic heterocycles. The first-order valence-electron chi connectivity index (χ1n) is 6.76. The molecule has 0 spiro atoms. The monoisotopic (exact) mass is 252 g/mol. The van der Waals surface area contributed by atoms with E-state index in [0.717, 1.165) is 25.7 Å². The summed E-state index contributed by atoms with van der Waals surface area (Å²) in [5.74, 6) is -0.732. The first-order chi connectivity index (χ1) is 8.56. The van der Waals surface area contributed by atoms with E-state index >= 15 is 0 Å². The Morgan fingerprint density at radius 2 is 1.72 bits per heavy atom. The predicted octanol–water partition coefficient (Wildman–Crippen LogP) is 1.81. The Morgan fingerprint density at radius 3 is 2.22 bits per heavy atom. The third kappa shape index (κ3) is 1.72. The molecule has 1 saturated carbocycles. The van der Waals surface area contributed by atoms with Gasteiger partial charge < -0.3 is 0 Å². The number of hydrogen-bond donors (Lipinski definition) is 1. The molecule has 2 fully saturated rings. The summed E-state index contributed by atoms with van der Waals surface area (Å²) >= 11 is 0. The summed E-state index contributed by atoms with van der Waals surface area (Å²) in [6, 6.07) is -0.558. The smallest absolute Gasteiger partial charge is 0.277 e. The minimum atomic E-state index is -1.05. The van der Waals surface area contributed by atoms with Gasteiger partial charge in [-0.1, -0.05) is 26.7 Å². The zero-order chi connectivity index (χ0) is 13.3. The molecule has 1 heterocycles. The van der Waals surface area contributed by atoms with Crippen LogP contribution in [0.25, 0.3) is 0 Å². The summed E-state index contributed by atoms with van der Waals surface area (Å²) in [7, 11) is 0. The Kier molecular flexibility index (Phi) is 3.41. The normalized spacial score (nSPS) is 24.6. The lowest BCUT2D eigenvalue weighted by atomic mass is 9.78. The SMILES string of the molecule is CCC1(CC)C(=O)NC(=O)N(C2CCCC2)C1=O. The number of rotatable bonds is 3. The lowest BCUT2D eigenvalue weighted by Crippen LogP contribution is -2.65. The average Bonchev–Trinajstić information content (AvgIpc) is 2.84. The Labute approximate surface area is 107 Å². The van der Waals surface area contributed by atoms with Gasteiger partial charge in [0.15, 0.2) is 0 Å². The van der Waals surface area contributed by atoms with Gasteiger partial charge in [-0.25, -0.2) is 4.79 Å². The van der Waals surface area contributed by atoms with Crippen molar-refractivity contribution in [1.29, 1.82) is 0 Å². The lowest BCUT2D eigenvalue weighted by Gasteiger charge is -2.40. The van der Waals surface area contributed by atoms with Gasteiger partial charge in [0.05, 0.1) is 0 Å². The highest BCUT2D eigenvalue weighted by molar-refractivity contribution is 6.19. The lowest BCUT2D eigenvalue weighted by molar-refractivity contribution is -0.153. The summed E-state index contributed by atoms with van der Waals surface area (Å²) in [4.78, 5) is 37.7. The Balaban J connectivity index is 2.33. The standard InChI is InChI=1S/C13H20N2O3/c1-3-13(4-2)10(16)14-12(18)15(11(13)17)9-7-5-6-8-9/h9H,3-8H2,1-2H3,(H,14,16,18). The van der Waals surface area contributed by atoms with Crippen molar-refractivity contribution >= 4 is 17.8 Å². The van der Waals surface area contributed by atoms with Crippen LogP contribution in [0, 0.1) is 5.41 Å². The van der Waals surface area contributed by atoms with Crippen LogP contribution in [0.3, 0.4) is 0 Å². The third-order valence-electron chi connectivity index (χ3n) is 4.40. The highest BCUT2D eigenvalue weighted by atomic mass is 16.2. The van der Waals surface area contributed by atoms with Crippen molar-refractivity contribution in [1.82, 2.24) is 10.2 Å². The molecule has 1 N–H and O–H groups in total. The zero-order valence-corrected chi connectivity index (χ0v) is 11.0. The number of amides is 4. The molecule has 4 amide bonds. The van der Waals surface area contributed by atoms with Gasteiger partial charge in [-0.05, 0) is 25.7 Å². The first kappa shape index (κ1) is 13.1. The fourth-order valence-electron chi connectivity index (χ4n) is 3.06. The summed E-state index contributed by atoms with van der Waals surface area (Å²) < 4.78 is 0. The van der Waals surface area contributed by atoms with Gasteiger partial charge in [0.2, 0.25) is 11.8 Å². The molecule has 0 aromatic carbocycles. The average molecular weight is 252 g/mol. The molecule has 18 heavy (non-hydrogen) atoms. The Bertz CT molecular complexity index is 382. The zero-order valence-electron chi connectivity index (χ0n) is 11.0.